The third kappa shape index (κ3) is 4.66. The zero-order valence-electron chi connectivity index (χ0n) is 7.92. The molecule has 0 radical (unpaired) electrons. The number of ketones is 1. The topological polar surface area (TPSA) is 45.8 Å². The minimum absolute atomic E-state index is 0.217. The van der Waals surface area contributed by atoms with Gasteiger partial charge in [0, 0.05) is 18.3 Å². The average molecular weight is 168 g/mol. The highest BCUT2D eigenvalue weighted by Gasteiger charge is 1.95. The predicted molar refractivity (Wildman–Crippen MR) is 48.9 cm³/mol. The second kappa shape index (κ2) is 6.58. The van der Waals surface area contributed by atoms with E-state index in [1.54, 1.807) is 19.4 Å². The second-order valence-electron chi connectivity index (χ2n) is 2.28. The fourth-order valence-corrected chi connectivity index (χ4v) is 0.732. The number of carbonyl (C=O) groups is 1. The summed E-state index contributed by atoms with van der Waals surface area (Å²) in [6.07, 6.45) is 4.73. The van der Waals surface area contributed by atoms with Crippen LogP contribution in [0.25, 0.3) is 0 Å². The first kappa shape index (κ1) is 10.9. The Bertz CT molecular complexity index is 204. The van der Waals surface area contributed by atoms with Crippen molar-refractivity contribution >= 4 is 5.78 Å². The Morgan fingerprint density at radius 2 is 2.25 bits per heavy atom. The molecule has 0 fully saturated rings. The molecule has 3 nitrogen and oxygen atoms in total. The van der Waals surface area contributed by atoms with Gasteiger partial charge in [-0.1, -0.05) is 13.8 Å². The summed E-state index contributed by atoms with van der Waals surface area (Å²) < 4.78 is 0. The van der Waals surface area contributed by atoms with Crippen molar-refractivity contribution in [1.29, 1.82) is 0 Å². The van der Waals surface area contributed by atoms with Crippen molar-refractivity contribution in [2.75, 3.05) is 0 Å². The summed E-state index contributed by atoms with van der Waals surface area (Å²) in [6, 6.07) is 0. The predicted octanol–water partition coefficient (Wildman–Crippen LogP) is 1.96. The van der Waals surface area contributed by atoms with Crippen LogP contribution in [-0.2, 0) is 11.2 Å². The molecule has 0 spiro atoms. The molecule has 12 heavy (non-hydrogen) atoms. The van der Waals surface area contributed by atoms with Crippen molar-refractivity contribution in [3.05, 3.63) is 18.2 Å². The van der Waals surface area contributed by atoms with Crippen LogP contribution in [0.1, 0.15) is 32.9 Å². The highest BCUT2D eigenvalue weighted by molar-refractivity contribution is 5.75. The molecule has 3 heteroatoms. The first-order valence-corrected chi connectivity index (χ1v) is 4.25. The number of nitrogens with zero attached hydrogens (tertiary/aromatic N) is 1. The number of aromatic nitrogens is 2. The zero-order valence-corrected chi connectivity index (χ0v) is 7.92. The lowest BCUT2D eigenvalue weighted by atomic mass is 10.2. The number of Topliss-reactive ketones (excluding diaryl/α,β-unsaturated/α-hetero) is 1. The molecule has 68 valence electrons. The van der Waals surface area contributed by atoms with Crippen molar-refractivity contribution in [1.82, 2.24) is 9.97 Å². The van der Waals surface area contributed by atoms with Gasteiger partial charge in [0.1, 0.15) is 5.78 Å². The molecule has 1 rings (SSSR count). The minimum atomic E-state index is 0.217. The Morgan fingerprint density at radius 3 is 2.67 bits per heavy atom. The summed E-state index contributed by atoms with van der Waals surface area (Å²) in [5.41, 5.74) is 1.02. The molecule has 1 N–H and O–H groups in total. The quantitative estimate of drug-likeness (QED) is 0.749. The second-order valence-corrected chi connectivity index (χ2v) is 2.28. The summed E-state index contributed by atoms with van der Waals surface area (Å²) in [7, 11) is 0. The van der Waals surface area contributed by atoms with Gasteiger partial charge in [-0.15, -0.1) is 0 Å². The van der Waals surface area contributed by atoms with Crippen molar-refractivity contribution < 1.29 is 4.79 Å². The smallest absolute Gasteiger partial charge is 0.130 e. The summed E-state index contributed by atoms with van der Waals surface area (Å²) in [6.45, 7) is 5.59. The third-order valence-electron chi connectivity index (χ3n) is 1.30. The van der Waals surface area contributed by atoms with E-state index in [4.69, 9.17) is 0 Å². The number of hydrogen-bond acceptors (Lipinski definition) is 2. The van der Waals surface area contributed by atoms with Gasteiger partial charge in [-0.2, -0.15) is 0 Å². The van der Waals surface area contributed by atoms with E-state index in [1.807, 2.05) is 13.8 Å². The van der Waals surface area contributed by atoms with Crippen molar-refractivity contribution in [2.24, 2.45) is 0 Å². The fourth-order valence-electron chi connectivity index (χ4n) is 0.732. The highest BCUT2D eigenvalue weighted by Crippen LogP contribution is 1.96. The van der Waals surface area contributed by atoms with E-state index in [-0.39, 0.29) is 5.78 Å². The molecule has 0 bridgehead atoms. The number of rotatable bonds is 3. The molecular weight excluding hydrogens is 152 g/mol. The Balaban J connectivity index is 0.000000561. The van der Waals surface area contributed by atoms with E-state index in [1.165, 1.54) is 0 Å². The Labute approximate surface area is 73.2 Å². The van der Waals surface area contributed by atoms with E-state index in [0.29, 0.717) is 6.42 Å². The number of imidazole rings is 1. The molecular formula is C9H16N2O. The molecule has 0 saturated heterocycles. The molecule has 0 aliphatic rings. The lowest BCUT2D eigenvalue weighted by molar-refractivity contribution is -0.116. The summed E-state index contributed by atoms with van der Waals surface area (Å²) in [5.74, 6) is 0.217. The first-order chi connectivity index (χ1) is 5.79. The van der Waals surface area contributed by atoms with Crippen LogP contribution in [0.4, 0.5) is 0 Å². The molecule has 0 aromatic carbocycles. The van der Waals surface area contributed by atoms with Crippen molar-refractivity contribution in [3.8, 4) is 0 Å². The number of H-pyrrole nitrogens is 1. The Morgan fingerprint density at radius 1 is 1.58 bits per heavy atom. The van der Waals surface area contributed by atoms with Crippen LogP contribution in [0, 0.1) is 0 Å². The average Bonchev–Trinajstić information content (AvgIpc) is 2.56. The van der Waals surface area contributed by atoms with Gasteiger partial charge in [-0.05, 0) is 13.3 Å². The molecule has 0 saturated carbocycles. The van der Waals surface area contributed by atoms with Gasteiger partial charge >= 0.3 is 0 Å². The SMILES string of the molecule is CC.CC(=O)CCc1cnc[nH]1. The van der Waals surface area contributed by atoms with Crippen LogP contribution in [0.3, 0.4) is 0 Å². The molecule has 1 aromatic heterocycles. The summed E-state index contributed by atoms with van der Waals surface area (Å²) >= 11 is 0. The van der Waals surface area contributed by atoms with Crippen LogP contribution in [0.2, 0.25) is 0 Å². The molecule has 1 heterocycles. The number of carbonyl (C=O) groups excluding carboxylic acids is 1. The van der Waals surface area contributed by atoms with Crippen LogP contribution >= 0.6 is 0 Å². The van der Waals surface area contributed by atoms with E-state index >= 15 is 0 Å². The monoisotopic (exact) mass is 168 g/mol. The first-order valence-electron chi connectivity index (χ1n) is 4.25. The van der Waals surface area contributed by atoms with E-state index in [2.05, 4.69) is 9.97 Å². The number of hydrogen-bond donors (Lipinski definition) is 1. The van der Waals surface area contributed by atoms with E-state index in [9.17, 15) is 4.79 Å². The van der Waals surface area contributed by atoms with Gasteiger partial charge in [0.05, 0.1) is 6.33 Å². The van der Waals surface area contributed by atoms with Gasteiger partial charge in [-0.3, -0.25) is 0 Å². The van der Waals surface area contributed by atoms with Gasteiger partial charge in [0.25, 0.3) is 0 Å². The van der Waals surface area contributed by atoms with Crippen molar-refractivity contribution in [3.63, 3.8) is 0 Å². The Hall–Kier alpha value is -1.12. The molecule has 1 aromatic rings. The number of aromatic amines is 1. The van der Waals surface area contributed by atoms with Crippen LogP contribution in [0.15, 0.2) is 12.5 Å². The minimum Gasteiger partial charge on any atom is -0.348 e. The zero-order chi connectivity index (χ0) is 9.40. The molecule has 0 amide bonds. The molecule has 0 unspecified atom stereocenters. The largest absolute Gasteiger partial charge is 0.348 e. The number of aryl methyl sites for hydroxylation is 1. The maximum Gasteiger partial charge on any atom is 0.130 e. The lowest BCUT2D eigenvalue weighted by Gasteiger charge is -1.90. The van der Waals surface area contributed by atoms with Gasteiger partial charge < -0.3 is 9.78 Å². The van der Waals surface area contributed by atoms with E-state index < -0.39 is 0 Å². The normalized spacial score (nSPS) is 8.58. The molecule has 0 aliphatic carbocycles. The third-order valence-corrected chi connectivity index (χ3v) is 1.30. The standard InChI is InChI=1S/C7H10N2O.C2H6/c1-6(10)2-3-7-4-8-5-9-7;1-2/h4-5H,2-3H2,1H3,(H,8,9);1-2H3. The van der Waals surface area contributed by atoms with Crippen LogP contribution in [0.5, 0.6) is 0 Å². The van der Waals surface area contributed by atoms with Crippen LogP contribution in [-0.4, -0.2) is 15.8 Å². The maximum atomic E-state index is 10.5. The fraction of sp³-hybridized carbons (Fsp3) is 0.556. The van der Waals surface area contributed by atoms with Gasteiger partial charge in [0.2, 0.25) is 0 Å². The van der Waals surface area contributed by atoms with Crippen LogP contribution < -0.4 is 0 Å². The summed E-state index contributed by atoms with van der Waals surface area (Å²) in [5, 5.41) is 0. The van der Waals surface area contributed by atoms with E-state index in [0.717, 1.165) is 12.1 Å². The molecule has 0 atom stereocenters. The van der Waals surface area contributed by atoms with Crippen molar-refractivity contribution in [2.45, 2.75) is 33.6 Å². The lowest BCUT2D eigenvalue weighted by Crippen LogP contribution is -1.93. The van der Waals surface area contributed by atoms with Gasteiger partial charge in [-0.25, -0.2) is 4.98 Å². The highest BCUT2D eigenvalue weighted by atomic mass is 16.1. The van der Waals surface area contributed by atoms with Gasteiger partial charge in [0.15, 0.2) is 0 Å². The Kier molecular flexibility index (Phi) is 5.97. The maximum absolute atomic E-state index is 10.5. The molecule has 0 aliphatic heterocycles. The number of nitrogens with one attached hydrogen (secondary N) is 1. The summed E-state index contributed by atoms with van der Waals surface area (Å²) in [4.78, 5) is 17.3.